The van der Waals surface area contributed by atoms with Crippen LogP contribution in [0.1, 0.15) is 24.5 Å². The summed E-state index contributed by atoms with van der Waals surface area (Å²) in [4.78, 5) is 16.8. The van der Waals surface area contributed by atoms with Crippen molar-refractivity contribution in [3.63, 3.8) is 0 Å². The van der Waals surface area contributed by atoms with Crippen molar-refractivity contribution < 1.29 is 4.74 Å². The molecular formula is C22H31N3O2. The van der Waals surface area contributed by atoms with Crippen molar-refractivity contribution >= 4 is 0 Å². The largest absolute Gasteiger partial charge is 0.493 e. The van der Waals surface area contributed by atoms with Gasteiger partial charge in [0.15, 0.2) is 0 Å². The molecule has 0 saturated carbocycles. The van der Waals surface area contributed by atoms with Crippen LogP contribution in [0.25, 0.3) is 11.1 Å². The SMILES string of the molecule is CCCOc1cc(-c2cc(C)c(=O)n(C)c2)ccc1CN1CCN(C)CC1. The maximum absolute atomic E-state index is 12.0. The molecule has 0 radical (unpaired) electrons. The summed E-state index contributed by atoms with van der Waals surface area (Å²) in [5, 5.41) is 0. The fraction of sp³-hybridized carbons (Fsp3) is 0.500. The van der Waals surface area contributed by atoms with Crippen LogP contribution in [0, 0.1) is 6.92 Å². The first kappa shape index (κ1) is 19.6. The van der Waals surface area contributed by atoms with Gasteiger partial charge < -0.3 is 14.2 Å². The summed E-state index contributed by atoms with van der Waals surface area (Å²) in [6.45, 7) is 10.0. The van der Waals surface area contributed by atoms with Crippen molar-refractivity contribution in [2.24, 2.45) is 7.05 Å². The standard InChI is InChI=1S/C22H31N3O2/c1-5-12-27-21-14-18(20-13-17(2)22(26)24(4)15-20)6-7-19(21)16-25-10-8-23(3)9-11-25/h6-7,13-15H,5,8-12,16H2,1-4H3. The second-order valence-corrected chi connectivity index (χ2v) is 7.58. The van der Waals surface area contributed by atoms with E-state index in [2.05, 4.69) is 42.0 Å². The van der Waals surface area contributed by atoms with Crippen LogP contribution in [0.15, 0.2) is 35.3 Å². The fourth-order valence-corrected chi connectivity index (χ4v) is 3.49. The number of ether oxygens (including phenoxy) is 1. The minimum atomic E-state index is 0.0490. The summed E-state index contributed by atoms with van der Waals surface area (Å²) in [7, 11) is 3.98. The highest BCUT2D eigenvalue weighted by atomic mass is 16.5. The number of nitrogens with zero attached hydrogens (tertiary/aromatic N) is 3. The molecule has 1 fully saturated rings. The summed E-state index contributed by atoms with van der Waals surface area (Å²) in [6.07, 6.45) is 2.88. The maximum atomic E-state index is 12.0. The van der Waals surface area contributed by atoms with Crippen molar-refractivity contribution in [1.29, 1.82) is 0 Å². The molecule has 5 nitrogen and oxygen atoms in total. The van der Waals surface area contributed by atoms with Gasteiger partial charge in [-0.3, -0.25) is 9.69 Å². The Morgan fingerprint density at radius 1 is 1.04 bits per heavy atom. The van der Waals surface area contributed by atoms with Crippen molar-refractivity contribution in [2.75, 3.05) is 39.8 Å². The number of hydrogen-bond donors (Lipinski definition) is 0. The molecule has 0 spiro atoms. The lowest BCUT2D eigenvalue weighted by atomic mass is 10.0. The quantitative estimate of drug-likeness (QED) is 0.785. The molecule has 5 heteroatoms. The molecule has 146 valence electrons. The highest BCUT2D eigenvalue weighted by molar-refractivity contribution is 5.66. The molecule has 1 aromatic carbocycles. The molecule has 0 unspecified atom stereocenters. The van der Waals surface area contributed by atoms with Crippen LogP contribution in [0.3, 0.4) is 0 Å². The zero-order valence-electron chi connectivity index (χ0n) is 17.0. The first-order valence-corrected chi connectivity index (χ1v) is 9.82. The number of rotatable bonds is 6. The Balaban J connectivity index is 1.88. The normalized spacial score (nSPS) is 15.9. The summed E-state index contributed by atoms with van der Waals surface area (Å²) >= 11 is 0. The van der Waals surface area contributed by atoms with Gasteiger partial charge in [0.1, 0.15) is 5.75 Å². The van der Waals surface area contributed by atoms with Crippen LogP contribution in [0.2, 0.25) is 0 Å². The number of aryl methyl sites for hydroxylation is 2. The van der Waals surface area contributed by atoms with Crippen molar-refractivity contribution in [2.45, 2.75) is 26.8 Å². The van der Waals surface area contributed by atoms with E-state index in [-0.39, 0.29) is 5.56 Å². The molecule has 1 aliphatic rings. The molecule has 1 aliphatic heterocycles. The molecule has 3 rings (SSSR count). The molecular weight excluding hydrogens is 338 g/mol. The second-order valence-electron chi connectivity index (χ2n) is 7.58. The van der Waals surface area contributed by atoms with Crippen molar-refractivity contribution in [3.05, 3.63) is 51.9 Å². The van der Waals surface area contributed by atoms with E-state index >= 15 is 0 Å². The summed E-state index contributed by atoms with van der Waals surface area (Å²) in [5.74, 6) is 0.958. The van der Waals surface area contributed by atoms with E-state index in [0.717, 1.165) is 61.6 Å². The smallest absolute Gasteiger partial charge is 0.253 e. The van der Waals surface area contributed by atoms with Crippen LogP contribution in [-0.2, 0) is 13.6 Å². The predicted octanol–water partition coefficient (Wildman–Crippen LogP) is 2.90. The van der Waals surface area contributed by atoms with Crippen molar-refractivity contribution in [3.8, 4) is 16.9 Å². The van der Waals surface area contributed by atoms with Gasteiger partial charge in [0.2, 0.25) is 0 Å². The lowest BCUT2D eigenvalue weighted by Crippen LogP contribution is -2.43. The van der Waals surface area contributed by atoms with Gasteiger partial charge in [0.05, 0.1) is 6.61 Å². The van der Waals surface area contributed by atoms with E-state index in [1.807, 2.05) is 19.2 Å². The summed E-state index contributed by atoms with van der Waals surface area (Å²) in [6, 6.07) is 8.41. The number of pyridine rings is 1. The third kappa shape index (κ3) is 4.79. The molecule has 1 aromatic heterocycles. The third-order valence-electron chi connectivity index (χ3n) is 5.21. The van der Waals surface area contributed by atoms with Crippen LogP contribution in [0.5, 0.6) is 5.75 Å². The Bertz CT molecular complexity index is 810. The van der Waals surface area contributed by atoms with Gasteiger partial charge in [-0.1, -0.05) is 19.1 Å². The summed E-state index contributed by atoms with van der Waals surface area (Å²) in [5.41, 5.74) is 4.17. The topological polar surface area (TPSA) is 37.7 Å². The van der Waals surface area contributed by atoms with Gasteiger partial charge >= 0.3 is 0 Å². The van der Waals surface area contributed by atoms with Crippen LogP contribution in [0.4, 0.5) is 0 Å². The van der Waals surface area contributed by atoms with Gasteiger partial charge in [-0.15, -0.1) is 0 Å². The molecule has 0 aliphatic carbocycles. The van der Waals surface area contributed by atoms with Gasteiger partial charge in [-0.2, -0.15) is 0 Å². The number of hydrogen-bond acceptors (Lipinski definition) is 4. The van der Waals surface area contributed by atoms with Gasteiger partial charge in [-0.05, 0) is 43.7 Å². The fourth-order valence-electron chi connectivity index (χ4n) is 3.49. The highest BCUT2D eigenvalue weighted by Gasteiger charge is 2.16. The Hall–Kier alpha value is -2.11. The number of piperazine rings is 1. The Labute approximate surface area is 162 Å². The van der Waals surface area contributed by atoms with Gasteiger partial charge in [0, 0.05) is 57.1 Å². The second kappa shape index (κ2) is 8.72. The zero-order valence-corrected chi connectivity index (χ0v) is 17.0. The molecule has 27 heavy (non-hydrogen) atoms. The predicted molar refractivity (Wildman–Crippen MR) is 110 cm³/mol. The minimum absolute atomic E-state index is 0.0490. The van der Waals surface area contributed by atoms with Gasteiger partial charge in [0.25, 0.3) is 5.56 Å². The van der Waals surface area contributed by atoms with E-state index in [1.165, 1.54) is 5.56 Å². The van der Waals surface area contributed by atoms with Crippen LogP contribution in [-0.4, -0.2) is 54.2 Å². The Morgan fingerprint density at radius 2 is 1.78 bits per heavy atom. The lowest BCUT2D eigenvalue weighted by Gasteiger charge is -2.32. The lowest BCUT2D eigenvalue weighted by molar-refractivity contribution is 0.146. The summed E-state index contributed by atoms with van der Waals surface area (Å²) < 4.78 is 7.74. The van der Waals surface area contributed by atoms with E-state index in [9.17, 15) is 4.79 Å². The number of likely N-dealkylation sites (N-methyl/N-ethyl adjacent to an activating group) is 1. The molecule has 2 heterocycles. The average Bonchev–Trinajstić information content (AvgIpc) is 2.66. The maximum Gasteiger partial charge on any atom is 0.253 e. The molecule has 0 atom stereocenters. The van der Waals surface area contributed by atoms with E-state index in [1.54, 1.807) is 11.6 Å². The van der Waals surface area contributed by atoms with E-state index < -0.39 is 0 Å². The molecule has 2 aromatic rings. The minimum Gasteiger partial charge on any atom is -0.493 e. The molecule has 0 N–H and O–H groups in total. The highest BCUT2D eigenvalue weighted by Crippen LogP contribution is 2.29. The Kier molecular flexibility index (Phi) is 6.34. The van der Waals surface area contributed by atoms with Crippen LogP contribution < -0.4 is 10.3 Å². The third-order valence-corrected chi connectivity index (χ3v) is 5.21. The first-order valence-electron chi connectivity index (χ1n) is 9.82. The van der Waals surface area contributed by atoms with E-state index in [4.69, 9.17) is 4.74 Å². The zero-order chi connectivity index (χ0) is 19.4. The van der Waals surface area contributed by atoms with E-state index in [0.29, 0.717) is 6.61 Å². The monoisotopic (exact) mass is 369 g/mol. The average molecular weight is 370 g/mol. The molecule has 0 amide bonds. The van der Waals surface area contributed by atoms with Crippen LogP contribution >= 0.6 is 0 Å². The first-order chi connectivity index (χ1) is 13.0. The van der Waals surface area contributed by atoms with Crippen molar-refractivity contribution in [1.82, 2.24) is 14.4 Å². The molecule has 0 bridgehead atoms. The van der Waals surface area contributed by atoms with Gasteiger partial charge in [-0.25, -0.2) is 0 Å². The number of benzene rings is 1. The number of aromatic nitrogens is 1. The Morgan fingerprint density at radius 3 is 2.44 bits per heavy atom. The molecule has 1 saturated heterocycles.